The van der Waals surface area contributed by atoms with Crippen molar-refractivity contribution in [2.75, 3.05) is 6.61 Å². The Bertz CT molecular complexity index is 621. The maximum Gasteiger partial charge on any atom is 0.204 e. The third-order valence-electron chi connectivity index (χ3n) is 2.92. The summed E-state index contributed by atoms with van der Waals surface area (Å²) >= 11 is 0. The van der Waals surface area contributed by atoms with Gasteiger partial charge >= 0.3 is 0 Å². The van der Waals surface area contributed by atoms with Crippen molar-refractivity contribution in [1.29, 1.82) is 0 Å². The summed E-state index contributed by atoms with van der Waals surface area (Å²) in [6.07, 6.45) is 1.73. The molecule has 0 N–H and O–H groups in total. The molecule has 0 radical (unpaired) electrons. The average molecular weight is 290 g/mol. The number of hydrogen-bond donors (Lipinski definition) is 0. The average Bonchev–Trinajstić information content (AvgIpc) is 2.52. The first-order valence-corrected chi connectivity index (χ1v) is 6.60. The summed E-state index contributed by atoms with van der Waals surface area (Å²) < 4.78 is 37.8. The van der Waals surface area contributed by atoms with Crippen LogP contribution in [0.4, 0.5) is 8.78 Å². The van der Waals surface area contributed by atoms with Gasteiger partial charge < -0.3 is 9.47 Å². The molecule has 0 amide bonds. The molecule has 2 nitrogen and oxygen atoms in total. The molecule has 4 heteroatoms. The molecule has 0 fully saturated rings. The lowest BCUT2D eigenvalue weighted by Crippen LogP contribution is -2.02. The van der Waals surface area contributed by atoms with Crippen molar-refractivity contribution in [2.45, 2.75) is 13.5 Å². The molecule has 0 spiro atoms. The first kappa shape index (κ1) is 15.0. The lowest BCUT2D eigenvalue weighted by atomic mass is 10.1. The Balaban J connectivity index is 2.09. The number of hydrogen-bond acceptors (Lipinski definition) is 2. The second kappa shape index (κ2) is 6.88. The van der Waals surface area contributed by atoms with Gasteiger partial charge in [0, 0.05) is 0 Å². The Morgan fingerprint density at radius 1 is 0.952 bits per heavy atom. The molecular formula is C17H16F2O2. The van der Waals surface area contributed by atoms with Gasteiger partial charge in [-0.3, -0.25) is 0 Å². The van der Waals surface area contributed by atoms with Gasteiger partial charge in [0.25, 0.3) is 0 Å². The molecule has 0 saturated carbocycles. The molecule has 21 heavy (non-hydrogen) atoms. The van der Waals surface area contributed by atoms with Crippen LogP contribution in [-0.4, -0.2) is 6.61 Å². The Hall–Kier alpha value is -2.36. The van der Waals surface area contributed by atoms with Crippen molar-refractivity contribution in [3.63, 3.8) is 0 Å². The quantitative estimate of drug-likeness (QED) is 0.775. The number of benzene rings is 2. The van der Waals surface area contributed by atoms with Crippen molar-refractivity contribution >= 4 is 6.08 Å². The van der Waals surface area contributed by atoms with Crippen molar-refractivity contribution in [1.82, 2.24) is 0 Å². The summed E-state index contributed by atoms with van der Waals surface area (Å²) in [6, 6.07) is 10.2. The van der Waals surface area contributed by atoms with Crippen LogP contribution in [0, 0.1) is 11.6 Å². The predicted octanol–water partition coefficient (Wildman–Crippen LogP) is 4.59. The molecule has 0 aliphatic rings. The molecule has 0 atom stereocenters. The van der Waals surface area contributed by atoms with Crippen molar-refractivity contribution in [3.05, 3.63) is 65.7 Å². The summed E-state index contributed by atoms with van der Waals surface area (Å²) in [4.78, 5) is 0. The van der Waals surface area contributed by atoms with E-state index in [1.54, 1.807) is 13.0 Å². The minimum Gasteiger partial charge on any atom is -0.491 e. The van der Waals surface area contributed by atoms with Crippen LogP contribution >= 0.6 is 0 Å². The minimum atomic E-state index is -1.04. The van der Waals surface area contributed by atoms with E-state index in [0.29, 0.717) is 0 Å². The molecule has 0 aliphatic heterocycles. The van der Waals surface area contributed by atoms with E-state index in [2.05, 4.69) is 6.58 Å². The van der Waals surface area contributed by atoms with Gasteiger partial charge in [-0.25, -0.2) is 0 Å². The molecule has 2 aromatic rings. The van der Waals surface area contributed by atoms with Crippen LogP contribution in [0.25, 0.3) is 6.08 Å². The van der Waals surface area contributed by atoms with E-state index in [9.17, 15) is 8.78 Å². The minimum absolute atomic E-state index is 0.113. The fourth-order valence-electron chi connectivity index (χ4n) is 1.80. The van der Waals surface area contributed by atoms with Gasteiger partial charge in [0.2, 0.25) is 11.6 Å². The van der Waals surface area contributed by atoms with Gasteiger partial charge in [-0.2, -0.15) is 8.78 Å². The second-order valence-electron chi connectivity index (χ2n) is 4.36. The molecule has 0 aliphatic carbocycles. The zero-order chi connectivity index (χ0) is 15.2. The first-order valence-electron chi connectivity index (χ1n) is 6.60. The van der Waals surface area contributed by atoms with Crippen LogP contribution in [0.15, 0.2) is 43.0 Å². The predicted molar refractivity (Wildman–Crippen MR) is 78.4 cm³/mol. The lowest BCUT2D eigenvalue weighted by Gasteiger charge is -2.10. The van der Waals surface area contributed by atoms with Crippen LogP contribution in [0.3, 0.4) is 0 Å². The topological polar surface area (TPSA) is 18.5 Å². The summed E-state index contributed by atoms with van der Waals surface area (Å²) in [5.41, 5.74) is 1.84. The van der Waals surface area contributed by atoms with Gasteiger partial charge in [-0.15, -0.1) is 0 Å². The lowest BCUT2D eigenvalue weighted by molar-refractivity contribution is 0.274. The highest BCUT2D eigenvalue weighted by Crippen LogP contribution is 2.28. The SMILES string of the molecule is C=Cc1ccc(COc2ccc(OCC)c(F)c2F)cc1. The standard InChI is InChI=1S/C17H16F2O2/c1-3-12-5-7-13(8-6-12)11-21-15-10-9-14(20-4-2)16(18)17(15)19/h3,5-10H,1,4,11H2,2H3. The fourth-order valence-corrected chi connectivity index (χ4v) is 1.80. The smallest absolute Gasteiger partial charge is 0.204 e. The highest BCUT2D eigenvalue weighted by atomic mass is 19.2. The largest absolute Gasteiger partial charge is 0.491 e. The zero-order valence-corrected chi connectivity index (χ0v) is 11.7. The Morgan fingerprint density at radius 2 is 1.52 bits per heavy atom. The molecule has 2 rings (SSSR count). The molecule has 0 unspecified atom stereocenters. The number of ether oxygens (including phenoxy) is 2. The fraction of sp³-hybridized carbons (Fsp3) is 0.176. The summed E-state index contributed by atoms with van der Waals surface area (Å²) in [5, 5.41) is 0. The highest BCUT2D eigenvalue weighted by Gasteiger charge is 2.15. The van der Waals surface area contributed by atoms with Gasteiger partial charge in [-0.05, 0) is 30.2 Å². The zero-order valence-electron chi connectivity index (χ0n) is 11.7. The van der Waals surface area contributed by atoms with E-state index in [1.807, 2.05) is 24.3 Å². The van der Waals surface area contributed by atoms with E-state index < -0.39 is 11.6 Å². The Morgan fingerprint density at radius 3 is 2.05 bits per heavy atom. The van der Waals surface area contributed by atoms with Crippen molar-refractivity contribution < 1.29 is 18.3 Å². The highest BCUT2D eigenvalue weighted by molar-refractivity contribution is 5.47. The maximum absolute atomic E-state index is 13.8. The molecule has 0 aromatic heterocycles. The van der Waals surface area contributed by atoms with E-state index in [0.717, 1.165) is 11.1 Å². The van der Waals surface area contributed by atoms with E-state index in [-0.39, 0.29) is 24.7 Å². The Labute approximate surface area is 122 Å². The second-order valence-corrected chi connectivity index (χ2v) is 4.36. The van der Waals surface area contributed by atoms with E-state index in [4.69, 9.17) is 9.47 Å². The van der Waals surface area contributed by atoms with Gasteiger partial charge in [0.05, 0.1) is 6.61 Å². The molecule has 110 valence electrons. The summed E-state index contributed by atoms with van der Waals surface area (Å²) in [5.74, 6) is -2.32. The molecule has 0 heterocycles. The van der Waals surface area contributed by atoms with Crippen molar-refractivity contribution in [3.8, 4) is 11.5 Å². The van der Waals surface area contributed by atoms with Crippen LogP contribution in [-0.2, 0) is 6.61 Å². The maximum atomic E-state index is 13.8. The van der Waals surface area contributed by atoms with Crippen molar-refractivity contribution in [2.24, 2.45) is 0 Å². The van der Waals surface area contributed by atoms with E-state index in [1.165, 1.54) is 12.1 Å². The normalized spacial score (nSPS) is 10.2. The molecule has 0 saturated heterocycles. The van der Waals surface area contributed by atoms with Crippen LogP contribution in [0.5, 0.6) is 11.5 Å². The van der Waals surface area contributed by atoms with Crippen LogP contribution in [0.1, 0.15) is 18.1 Å². The number of halogens is 2. The monoisotopic (exact) mass is 290 g/mol. The van der Waals surface area contributed by atoms with Crippen LogP contribution < -0.4 is 9.47 Å². The molecule has 2 aromatic carbocycles. The van der Waals surface area contributed by atoms with Gasteiger partial charge in [-0.1, -0.05) is 36.9 Å². The summed E-state index contributed by atoms with van der Waals surface area (Å²) in [6.45, 7) is 5.79. The first-order chi connectivity index (χ1) is 10.2. The van der Waals surface area contributed by atoms with Gasteiger partial charge in [0.15, 0.2) is 11.5 Å². The molecular weight excluding hydrogens is 274 g/mol. The Kier molecular flexibility index (Phi) is 4.93. The summed E-state index contributed by atoms with van der Waals surface area (Å²) in [7, 11) is 0. The third kappa shape index (κ3) is 3.60. The van der Waals surface area contributed by atoms with E-state index >= 15 is 0 Å². The van der Waals surface area contributed by atoms with Gasteiger partial charge in [0.1, 0.15) is 6.61 Å². The third-order valence-corrected chi connectivity index (χ3v) is 2.92. The molecule has 0 bridgehead atoms. The number of rotatable bonds is 6. The van der Waals surface area contributed by atoms with Crippen LogP contribution in [0.2, 0.25) is 0 Å².